The van der Waals surface area contributed by atoms with Crippen LogP contribution in [0, 0.1) is 10.7 Å². The minimum atomic E-state index is 0.575. The first kappa shape index (κ1) is 11.5. The Morgan fingerprint density at radius 3 is 3.00 bits per heavy atom. The van der Waals surface area contributed by atoms with Gasteiger partial charge in [-0.3, -0.25) is 5.10 Å². The Kier molecular flexibility index (Phi) is 3.56. The van der Waals surface area contributed by atoms with Crippen molar-refractivity contribution in [3.8, 4) is 0 Å². The van der Waals surface area contributed by atoms with Gasteiger partial charge in [0.25, 0.3) is 0 Å². The highest BCUT2D eigenvalue weighted by atomic mass is 32.1. The van der Waals surface area contributed by atoms with E-state index in [4.69, 9.17) is 12.2 Å². The lowest BCUT2D eigenvalue weighted by Gasteiger charge is -2.08. The van der Waals surface area contributed by atoms with Crippen molar-refractivity contribution in [2.75, 3.05) is 0 Å². The van der Waals surface area contributed by atoms with Crippen molar-refractivity contribution in [2.24, 2.45) is 5.92 Å². The number of nitrogens with one attached hydrogen (secondary N) is 1. The second-order valence-corrected chi connectivity index (χ2v) is 5.42. The highest BCUT2D eigenvalue weighted by molar-refractivity contribution is 7.71. The normalized spacial score (nSPS) is 11.2. The van der Waals surface area contributed by atoms with Gasteiger partial charge in [-0.05, 0) is 40.5 Å². The van der Waals surface area contributed by atoms with E-state index in [9.17, 15) is 0 Å². The highest BCUT2D eigenvalue weighted by Gasteiger charge is 2.08. The van der Waals surface area contributed by atoms with Crippen molar-refractivity contribution >= 4 is 23.6 Å². The van der Waals surface area contributed by atoms with Crippen LogP contribution >= 0.6 is 23.6 Å². The van der Waals surface area contributed by atoms with Crippen LogP contribution in [0.25, 0.3) is 0 Å². The topological polar surface area (TPSA) is 33.6 Å². The van der Waals surface area contributed by atoms with Crippen LogP contribution in [0.1, 0.15) is 25.2 Å². The number of thiophene rings is 1. The lowest BCUT2D eigenvalue weighted by Crippen LogP contribution is -2.09. The fourth-order valence-corrected chi connectivity index (χ4v) is 2.51. The van der Waals surface area contributed by atoms with Gasteiger partial charge in [-0.15, -0.1) is 0 Å². The lowest BCUT2D eigenvalue weighted by atomic mass is 10.2. The first-order chi connectivity index (χ1) is 7.66. The summed E-state index contributed by atoms with van der Waals surface area (Å²) in [5.41, 5.74) is 1.30. The zero-order chi connectivity index (χ0) is 11.5. The fraction of sp³-hybridized carbons (Fsp3) is 0.455. The second-order valence-electron chi connectivity index (χ2n) is 4.26. The van der Waals surface area contributed by atoms with Crippen LogP contribution in [-0.4, -0.2) is 14.8 Å². The molecule has 0 fully saturated rings. The SMILES string of the molecule is CC(C)Cn1c(Cc2ccsc2)n[nH]c1=S. The van der Waals surface area contributed by atoms with Crippen LogP contribution in [0.5, 0.6) is 0 Å². The van der Waals surface area contributed by atoms with Crippen molar-refractivity contribution in [3.05, 3.63) is 33.0 Å². The van der Waals surface area contributed by atoms with Gasteiger partial charge in [0, 0.05) is 13.0 Å². The maximum atomic E-state index is 5.23. The van der Waals surface area contributed by atoms with E-state index < -0.39 is 0 Å². The summed E-state index contributed by atoms with van der Waals surface area (Å²) in [7, 11) is 0. The quantitative estimate of drug-likeness (QED) is 0.849. The Bertz CT molecular complexity index is 494. The third kappa shape index (κ3) is 2.59. The predicted octanol–water partition coefficient (Wildman–Crippen LogP) is 3.25. The number of hydrogen-bond donors (Lipinski definition) is 1. The van der Waals surface area contributed by atoms with E-state index in [1.165, 1.54) is 5.56 Å². The molecule has 0 aromatic carbocycles. The summed E-state index contributed by atoms with van der Waals surface area (Å²) >= 11 is 6.95. The number of aromatic nitrogens is 3. The largest absolute Gasteiger partial charge is 0.304 e. The van der Waals surface area contributed by atoms with Gasteiger partial charge < -0.3 is 4.57 Å². The van der Waals surface area contributed by atoms with E-state index in [0.717, 1.165) is 23.6 Å². The molecule has 0 aliphatic carbocycles. The van der Waals surface area contributed by atoms with Gasteiger partial charge in [0.1, 0.15) is 5.82 Å². The van der Waals surface area contributed by atoms with Gasteiger partial charge in [-0.1, -0.05) is 13.8 Å². The van der Waals surface area contributed by atoms with Crippen LogP contribution in [0.4, 0.5) is 0 Å². The molecule has 0 aliphatic rings. The molecular weight excluding hydrogens is 238 g/mol. The average Bonchev–Trinajstić information content (AvgIpc) is 2.82. The Balaban J connectivity index is 2.24. The number of rotatable bonds is 4. The van der Waals surface area contributed by atoms with Crippen LogP contribution in [-0.2, 0) is 13.0 Å². The number of hydrogen-bond acceptors (Lipinski definition) is 3. The van der Waals surface area contributed by atoms with E-state index in [0.29, 0.717) is 5.92 Å². The van der Waals surface area contributed by atoms with Crippen molar-refractivity contribution in [3.63, 3.8) is 0 Å². The number of nitrogens with zero attached hydrogens (tertiary/aromatic N) is 2. The Morgan fingerprint density at radius 2 is 2.38 bits per heavy atom. The summed E-state index contributed by atoms with van der Waals surface area (Å²) in [4.78, 5) is 0. The Morgan fingerprint density at radius 1 is 1.56 bits per heavy atom. The maximum absolute atomic E-state index is 5.23. The van der Waals surface area contributed by atoms with Crippen molar-refractivity contribution in [1.82, 2.24) is 14.8 Å². The summed E-state index contributed by atoms with van der Waals surface area (Å²) in [6.07, 6.45) is 0.851. The van der Waals surface area contributed by atoms with Crippen molar-refractivity contribution in [2.45, 2.75) is 26.8 Å². The minimum absolute atomic E-state index is 0.575. The molecule has 0 aliphatic heterocycles. The Hall–Kier alpha value is -0.940. The van der Waals surface area contributed by atoms with Gasteiger partial charge in [-0.2, -0.15) is 16.4 Å². The van der Waals surface area contributed by atoms with Crippen LogP contribution < -0.4 is 0 Å². The summed E-state index contributed by atoms with van der Waals surface area (Å²) < 4.78 is 2.82. The minimum Gasteiger partial charge on any atom is -0.304 e. The second kappa shape index (κ2) is 4.93. The molecule has 16 heavy (non-hydrogen) atoms. The van der Waals surface area contributed by atoms with E-state index in [1.807, 2.05) is 0 Å². The first-order valence-electron chi connectivity index (χ1n) is 5.32. The fourth-order valence-electron chi connectivity index (χ4n) is 1.61. The summed E-state index contributed by atoms with van der Waals surface area (Å²) in [6, 6.07) is 2.13. The molecule has 0 unspecified atom stereocenters. The molecule has 3 nitrogen and oxygen atoms in total. The molecule has 0 saturated heterocycles. The average molecular weight is 253 g/mol. The molecule has 86 valence electrons. The van der Waals surface area contributed by atoms with Gasteiger partial charge in [0.05, 0.1) is 0 Å². The molecule has 0 amide bonds. The molecule has 0 radical (unpaired) electrons. The molecule has 0 atom stereocenters. The maximum Gasteiger partial charge on any atom is 0.195 e. The molecule has 2 aromatic heterocycles. The lowest BCUT2D eigenvalue weighted by molar-refractivity contribution is 0.505. The van der Waals surface area contributed by atoms with Gasteiger partial charge in [0.2, 0.25) is 0 Å². The Labute approximate surface area is 104 Å². The predicted molar refractivity (Wildman–Crippen MR) is 69.4 cm³/mol. The van der Waals surface area contributed by atoms with E-state index in [-0.39, 0.29) is 0 Å². The standard InChI is InChI=1S/C11H15N3S2/c1-8(2)6-14-10(12-13-11(14)15)5-9-3-4-16-7-9/h3-4,7-8H,5-6H2,1-2H3,(H,13,15). The molecule has 2 heterocycles. The van der Waals surface area contributed by atoms with Crippen LogP contribution in [0.15, 0.2) is 16.8 Å². The summed E-state index contributed by atoms with van der Waals surface area (Å²) in [6.45, 7) is 5.29. The molecule has 5 heteroatoms. The highest BCUT2D eigenvalue weighted by Crippen LogP contribution is 2.12. The van der Waals surface area contributed by atoms with E-state index >= 15 is 0 Å². The molecule has 1 N–H and O–H groups in total. The van der Waals surface area contributed by atoms with Crippen molar-refractivity contribution in [1.29, 1.82) is 0 Å². The number of H-pyrrole nitrogens is 1. The molecule has 0 bridgehead atoms. The van der Waals surface area contributed by atoms with Crippen LogP contribution in [0.3, 0.4) is 0 Å². The number of aromatic amines is 1. The molecule has 2 aromatic rings. The van der Waals surface area contributed by atoms with E-state index in [2.05, 4.69) is 45.4 Å². The van der Waals surface area contributed by atoms with Gasteiger partial charge >= 0.3 is 0 Å². The molecule has 2 rings (SSSR count). The zero-order valence-electron chi connectivity index (χ0n) is 9.43. The molecule has 0 spiro atoms. The summed E-state index contributed by atoms with van der Waals surface area (Å²) in [5, 5.41) is 11.4. The smallest absolute Gasteiger partial charge is 0.195 e. The van der Waals surface area contributed by atoms with E-state index in [1.54, 1.807) is 11.3 Å². The first-order valence-corrected chi connectivity index (χ1v) is 6.67. The monoisotopic (exact) mass is 253 g/mol. The van der Waals surface area contributed by atoms with Gasteiger partial charge in [-0.25, -0.2) is 0 Å². The van der Waals surface area contributed by atoms with Gasteiger partial charge in [0.15, 0.2) is 4.77 Å². The van der Waals surface area contributed by atoms with Crippen molar-refractivity contribution < 1.29 is 0 Å². The third-order valence-electron chi connectivity index (χ3n) is 2.33. The zero-order valence-corrected chi connectivity index (χ0v) is 11.1. The summed E-state index contributed by atoms with van der Waals surface area (Å²) in [5.74, 6) is 1.60. The molecule has 0 saturated carbocycles. The molecular formula is C11H15N3S2. The van der Waals surface area contributed by atoms with Crippen LogP contribution in [0.2, 0.25) is 0 Å². The third-order valence-corrected chi connectivity index (χ3v) is 3.37.